The maximum Gasteiger partial charge on any atom is 0.280 e. The van der Waals surface area contributed by atoms with Crippen LogP contribution in [0.3, 0.4) is 0 Å². The van der Waals surface area contributed by atoms with Gasteiger partial charge in [0, 0.05) is 5.56 Å². The molecule has 1 aromatic heterocycles. The van der Waals surface area contributed by atoms with Crippen molar-refractivity contribution in [1.29, 1.82) is 0 Å². The Morgan fingerprint density at radius 2 is 1.15 bits per heavy atom. The smallest absolute Gasteiger partial charge is 0.280 e. The Balaban J connectivity index is 1.58. The van der Waals surface area contributed by atoms with Gasteiger partial charge in [-0.1, -0.05) is 72.8 Å². The van der Waals surface area contributed by atoms with E-state index < -0.39 is 7.26 Å². The molecule has 0 bridgehead atoms. The van der Waals surface area contributed by atoms with Crippen LogP contribution in [0.1, 0.15) is 5.56 Å². The molecule has 0 saturated heterocycles. The number of hydrogen-bond acceptors (Lipinski definition) is 5. The number of ether oxygens (including phenoxy) is 1. The van der Waals surface area contributed by atoms with Crippen LogP contribution in [0, 0.1) is 0 Å². The van der Waals surface area contributed by atoms with E-state index in [0.29, 0.717) is 11.8 Å². The number of nitrogens with zero attached hydrogens (tertiary/aromatic N) is 2. The monoisotopic (exact) mass is 554 g/mol. The molecule has 6 heteroatoms. The van der Waals surface area contributed by atoms with Crippen molar-refractivity contribution in [3.63, 3.8) is 0 Å². The Bertz CT molecular complexity index is 1620. The van der Waals surface area contributed by atoms with Gasteiger partial charge in [0.05, 0.1) is 13.3 Å². The zero-order chi connectivity index (χ0) is 27.9. The molecule has 0 fully saturated rings. The van der Waals surface area contributed by atoms with E-state index in [-0.39, 0.29) is 0 Å². The van der Waals surface area contributed by atoms with Crippen molar-refractivity contribution in [2.75, 3.05) is 12.5 Å². The van der Waals surface area contributed by atoms with E-state index in [1.54, 1.807) is 13.3 Å². The Kier molecular flexibility index (Phi) is 7.70. The van der Waals surface area contributed by atoms with Gasteiger partial charge in [-0.05, 0) is 78.4 Å². The highest BCUT2D eigenvalue weighted by molar-refractivity contribution is 8.01. The summed E-state index contributed by atoms with van der Waals surface area (Å²) < 4.78 is 11.8. The molecule has 1 N–H and O–H groups in total. The first kappa shape index (κ1) is 26.2. The average Bonchev–Trinajstić information content (AvgIpc) is 3.48. The van der Waals surface area contributed by atoms with Crippen LogP contribution < -0.4 is 31.5 Å². The third kappa shape index (κ3) is 5.28. The van der Waals surface area contributed by atoms with Gasteiger partial charge in [-0.15, -0.1) is 0 Å². The first-order valence-corrected chi connectivity index (χ1v) is 15.1. The molecule has 0 amide bonds. The zero-order valence-corrected chi connectivity index (χ0v) is 23.5. The Hall–Kier alpha value is -4.99. The van der Waals surface area contributed by atoms with Crippen LogP contribution in [-0.2, 0) is 0 Å². The Morgan fingerprint density at radius 3 is 1.63 bits per heavy atom. The number of aromatic nitrogens is 1. The van der Waals surface area contributed by atoms with E-state index in [1.807, 2.05) is 72.8 Å². The molecule has 5 aromatic carbocycles. The second-order valence-electron chi connectivity index (χ2n) is 9.36. The van der Waals surface area contributed by atoms with Crippen LogP contribution >= 0.6 is 7.26 Å². The minimum atomic E-state index is -2.52. The third-order valence-corrected chi connectivity index (χ3v) is 11.0. The number of hydrazone groups is 1. The summed E-state index contributed by atoms with van der Waals surface area (Å²) in [5.74, 6) is 1.84. The van der Waals surface area contributed by atoms with Crippen molar-refractivity contribution in [2.45, 2.75) is 0 Å². The summed E-state index contributed by atoms with van der Waals surface area (Å²) in [5, 5.41) is 8.12. The van der Waals surface area contributed by atoms with Crippen LogP contribution in [0.15, 0.2) is 155 Å². The van der Waals surface area contributed by atoms with E-state index in [1.165, 1.54) is 15.9 Å². The highest BCUT2D eigenvalue weighted by atomic mass is 31.2. The third-order valence-electron chi connectivity index (χ3n) is 6.87. The quantitative estimate of drug-likeness (QED) is 0.127. The van der Waals surface area contributed by atoms with Gasteiger partial charge >= 0.3 is 0 Å². The van der Waals surface area contributed by atoms with E-state index in [0.717, 1.165) is 22.3 Å². The Morgan fingerprint density at radius 1 is 0.659 bits per heavy atom. The molecule has 0 radical (unpaired) electrons. The van der Waals surface area contributed by atoms with Crippen LogP contribution in [-0.4, -0.2) is 18.3 Å². The number of methoxy groups -OCH3 is 1. The number of nitrogens with one attached hydrogen (secondary N) is 1. The molecular formula is C35H29N3O2P+. The van der Waals surface area contributed by atoms with Gasteiger partial charge in [-0.25, -0.2) is 5.43 Å². The molecule has 41 heavy (non-hydrogen) atoms. The van der Waals surface area contributed by atoms with Gasteiger partial charge in [-0.2, -0.15) is 10.1 Å². The van der Waals surface area contributed by atoms with E-state index in [2.05, 4.69) is 83.3 Å². The summed E-state index contributed by atoms with van der Waals surface area (Å²) in [6, 6.07) is 49.5. The van der Waals surface area contributed by atoms with Gasteiger partial charge in [-0.3, -0.25) is 0 Å². The van der Waals surface area contributed by atoms with Crippen molar-refractivity contribution in [2.24, 2.45) is 5.10 Å². The highest BCUT2D eigenvalue weighted by Crippen LogP contribution is 2.55. The number of rotatable bonds is 9. The largest absolute Gasteiger partial charge is 0.497 e. The van der Waals surface area contributed by atoms with Gasteiger partial charge < -0.3 is 9.15 Å². The minimum absolute atomic E-state index is 0.513. The van der Waals surface area contributed by atoms with Crippen molar-refractivity contribution in [1.82, 2.24) is 4.98 Å². The first-order chi connectivity index (χ1) is 20.3. The molecule has 1 heterocycles. The van der Waals surface area contributed by atoms with Crippen LogP contribution in [0.4, 0.5) is 5.88 Å². The molecule has 0 aliphatic heterocycles. The second-order valence-corrected chi connectivity index (χ2v) is 12.7. The van der Waals surface area contributed by atoms with Crippen molar-refractivity contribution >= 4 is 40.7 Å². The number of hydrogen-bond donors (Lipinski definition) is 1. The van der Waals surface area contributed by atoms with Gasteiger partial charge in [0.15, 0.2) is 7.26 Å². The van der Waals surface area contributed by atoms with Gasteiger partial charge in [0.25, 0.3) is 11.3 Å². The van der Waals surface area contributed by atoms with Crippen LogP contribution in [0.5, 0.6) is 5.75 Å². The molecule has 0 aliphatic carbocycles. The van der Waals surface area contributed by atoms with Crippen molar-refractivity contribution in [3.05, 3.63) is 151 Å². The fraction of sp³-hybridized carbons (Fsp3) is 0.0286. The second kappa shape index (κ2) is 12.0. The predicted molar refractivity (Wildman–Crippen MR) is 171 cm³/mol. The number of oxazole rings is 1. The average molecular weight is 555 g/mol. The zero-order valence-electron chi connectivity index (χ0n) is 22.6. The molecule has 0 atom stereocenters. The summed E-state index contributed by atoms with van der Waals surface area (Å²) in [6.07, 6.45) is 1.77. The first-order valence-electron chi connectivity index (χ1n) is 13.3. The molecule has 6 aromatic rings. The fourth-order valence-corrected chi connectivity index (χ4v) is 9.07. The molecular weight excluding hydrogens is 525 g/mol. The summed E-state index contributed by atoms with van der Waals surface area (Å²) in [6.45, 7) is 0. The predicted octanol–water partition coefficient (Wildman–Crippen LogP) is 6.42. The standard InChI is InChI=1S/C35H29N3O2P/c1-39-29-24-22-27(23-25-29)26-36-38-34-35(37-33(40-34)28-14-6-2-7-15-28)41(30-16-8-3-9-17-30,31-18-10-4-11-19-31)32-20-12-5-13-21-32/h2-26,38H,1H3/q+1. The molecule has 0 saturated carbocycles. The molecule has 6 rings (SSSR count). The van der Waals surface area contributed by atoms with Crippen LogP contribution in [0.2, 0.25) is 0 Å². The summed E-state index contributed by atoms with van der Waals surface area (Å²) in [7, 11) is -0.869. The maximum absolute atomic E-state index is 6.52. The fourth-order valence-electron chi connectivity index (χ4n) is 4.94. The van der Waals surface area contributed by atoms with Crippen molar-refractivity contribution < 1.29 is 9.15 Å². The molecule has 0 spiro atoms. The lowest BCUT2D eigenvalue weighted by Gasteiger charge is -2.25. The minimum Gasteiger partial charge on any atom is -0.497 e. The lowest BCUT2D eigenvalue weighted by Crippen LogP contribution is -2.40. The number of benzene rings is 5. The number of anilines is 1. The molecule has 0 unspecified atom stereocenters. The van der Waals surface area contributed by atoms with Gasteiger partial charge in [0.1, 0.15) is 21.7 Å². The lowest BCUT2D eigenvalue weighted by molar-refractivity contribution is 0.415. The summed E-state index contributed by atoms with van der Waals surface area (Å²) in [4.78, 5) is 5.26. The maximum atomic E-state index is 6.52. The van der Waals surface area contributed by atoms with Crippen LogP contribution in [0.25, 0.3) is 11.5 Å². The normalized spacial score (nSPS) is 11.4. The molecule has 5 nitrogen and oxygen atoms in total. The van der Waals surface area contributed by atoms with E-state index in [9.17, 15) is 0 Å². The molecule has 0 aliphatic rings. The SMILES string of the molecule is COc1ccc(C=NNc2oc(-c3ccccc3)nc2[P+](c2ccccc2)(c2ccccc2)c2ccccc2)cc1. The highest BCUT2D eigenvalue weighted by Gasteiger charge is 2.53. The van der Waals surface area contributed by atoms with Crippen molar-refractivity contribution in [3.8, 4) is 17.2 Å². The molecule has 200 valence electrons. The van der Waals surface area contributed by atoms with Gasteiger partial charge in [0.2, 0.25) is 5.89 Å². The van der Waals surface area contributed by atoms with E-state index in [4.69, 9.17) is 14.1 Å². The topological polar surface area (TPSA) is 59.6 Å². The summed E-state index contributed by atoms with van der Waals surface area (Å²) in [5.41, 5.74) is 5.88. The lowest BCUT2D eigenvalue weighted by atomic mass is 10.2. The van der Waals surface area contributed by atoms with E-state index >= 15 is 0 Å². The summed E-state index contributed by atoms with van der Waals surface area (Å²) >= 11 is 0. The Labute approximate surface area is 240 Å².